The molecule has 0 saturated heterocycles. The van der Waals surface area contributed by atoms with E-state index in [9.17, 15) is 4.79 Å². The summed E-state index contributed by atoms with van der Waals surface area (Å²) in [5.41, 5.74) is 6.31. The first-order chi connectivity index (χ1) is 7.24. The highest BCUT2D eigenvalue weighted by Crippen LogP contribution is 2.02. The van der Waals surface area contributed by atoms with Crippen molar-refractivity contribution in [1.29, 1.82) is 0 Å². The van der Waals surface area contributed by atoms with Crippen LogP contribution in [0.5, 0.6) is 0 Å². The molecular weight excluding hydrogens is 192 g/mol. The van der Waals surface area contributed by atoms with Crippen LogP contribution in [0.4, 0.5) is 0 Å². The molecule has 4 nitrogen and oxygen atoms in total. The molecule has 0 aliphatic heterocycles. The smallest absolute Gasteiger partial charge is 0.234 e. The van der Waals surface area contributed by atoms with Crippen molar-refractivity contribution >= 4 is 12.7 Å². The molecule has 1 atom stereocenters. The third-order valence-corrected chi connectivity index (χ3v) is 1.97. The predicted molar refractivity (Wildman–Crippen MR) is 59.3 cm³/mol. The molecule has 0 aliphatic rings. The van der Waals surface area contributed by atoms with E-state index in [1.807, 2.05) is 37.1 Å². The Morgan fingerprint density at radius 2 is 1.93 bits per heavy atom. The summed E-state index contributed by atoms with van der Waals surface area (Å²) in [4.78, 5) is 18.9. The highest BCUT2D eigenvalue weighted by atomic mass is 16.1. The molecule has 0 bridgehead atoms. The Bertz CT molecular complexity index is 288. The fourth-order valence-corrected chi connectivity index (χ4v) is 1.19. The first-order valence-corrected chi connectivity index (χ1v) is 4.53. The van der Waals surface area contributed by atoms with Crippen LogP contribution >= 0.6 is 0 Å². The van der Waals surface area contributed by atoms with Gasteiger partial charge in [0.25, 0.3) is 0 Å². The molecule has 1 aromatic carbocycles. The third kappa shape index (κ3) is 4.93. The largest absolute Gasteiger partial charge is 0.368 e. The molecule has 82 valence electrons. The van der Waals surface area contributed by atoms with Crippen LogP contribution in [0, 0.1) is 0 Å². The minimum absolute atomic E-state index is 0.276. The minimum atomic E-state index is -0.314. The maximum Gasteiger partial charge on any atom is 0.234 e. The van der Waals surface area contributed by atoms with Gasteiger partial charge in [0.1, 0.15) is 6.79 Å². The van der Waals surface area contributed by atoms with Gasteiger partial charge in [-0.3, -0.25) is 4.79 Å². The number of primary amides is 1. The molecule has 3 N–H and O–H groups in total. The molecule has 1 amide bonds. The minimum Gasteiger partial charge on any atom is -0.368 e. The van der Waals surface area contributed by atoms with Gasteiger partial charge in [-0.15, -0.1) is 0 Å². The standard InChI is InChI=1S/C10H14N2O.CH2O/c1-12-9(10(11)13)7-8-5-3-2-4-6-8;1-2/h2-6,9,12H,7H2,1H3,(H2,11,13);1H2. The molecule has 0 radical (unpaired) electrons. The zero-order chi connectivity index (χ0) is 11.7. The van der Waals surface area contributed by atoms with Gasteiger partial charge in [-0.05, 0) is 19.0 Å². The summed E-state index contributed by atoms with van der Waals surface area (Å²) < 4.78 is 0. The van der Waals surface area contributed by atoms with Gasteiger partial charge >= 0.3 is 0 Å². The van der Waals surface area contributed by atoms with E-state index < -0.39 is 0 Å². The predicted octanol–water partition coefficient (Wildman–Crippen LogP) is 0.117. The topological polar surface area (TPSA) is 72.2 Å². The van der Waals surface area contributed by atoms with E-state index >= 15 is 0 Å². The zero-order valence-electron chi connectivity index (χ0n) is 8.77. The lowest BCUT2D eigenvalue weighted by Crippen LogP contribution is -2.40. The van der Waals surface area contributed by atoms with E-state index in [1.165, 1.54) is 0 Å². The van der Waals surface area contributed by atoms with Gasteiger partial charge in [0.2, 0.25) is 5.91 Å². The van der Waals surface area contributed by atoms with E-state index in [1.54, 1.807) is 7.05 Å². The Kier molecular flexibility index (Phi) is 6.84. The van der Waals surface area contributed by atoms with Crippen molar-refractivity contribution in [2.45, 2.75) is 12.5 Å². The van der Waals surface area contributed by atoms with E-state index in [0.717, 1.165) is 5.56 Å². The van der Waals surface area contributed by atoms with Crippen LogP contribution in [0.3, 0.4) is 0 Å². The van der Waals surface area contributed by atoms with E-state index in [2.05, 4.69) is 5.32 Å². The van der Waals surface area contributed by atoms with Gasteiger partial charge in [0, 0.05) is 0 Å². The van der Waals surface area contributed by atoms with Gasteiger partial charge in [-0.1, -0.05) is 30.3 Å². The first kappa shape index (κ1) is 13.3. The number of nitrogens with one attached hydrogen (secondary N) is 1. The fraction of sp³-hybridized carbons (Fsp3) is 0.273. The number of likely N-dealkylation sites (N-methyl/N-ethyl adjacent to an activating group) is 1. The van der Waals surface area contributed by atoms with Gasteiger partial charge in [-0.2, -0.15) is 0 Å². The second-order valence-electron chi connectivity index (χ2n) is 2.93. The van der Waals surface area contributed by atoms with Gasteiger partial charge in [0.15, 0.2) is 0 Å². The SMILES string of the molecule is C=O.CNC(Cc1ccccc1)C(N)=O. The van der Waals surface area contributed by atoms with E-state index in [4.69, 9.17) is 10.5 Å². The van der Waals surface area contributed by atoms with Crippen LogP contribution in [0.2, 0.25) is 0 Å². The summed E-state index contributed by atoms with van der Waals surface area (Å²) in [5.74, 6) is -0.314. The van der Waals surface area contributed by atoms with Crippen molar-refractivity contribution in [2.24, 2.45) is 5.73 Å². The first-order valence-electron chi connectivity index (χ1n) is 4.53. The maximum absolute atomic E-state index is 10.9. The summed E-state index contributed by atoms with van der Waals surface area (Å²) in [7, 11) is 1.73. The Hall–Kier alpha value is -1.68. The molecule has 1 aromatic rings. The highest BCUT2D eigenvalue weighted by molar-refractivity contribution is 5.80. The quantitative estimate of drug-likeness (QED) is 0.738. The van der Waals surface area contributed by atoms with Crippen LogP contribution in [-0.4, -0.2) is 25.8 Å². The summed E-state index contributed by atoms with van der Waals surface area (Å²) in [6.45, 7) is 2.00. The summed E-state index contributed by atoms with van der Waals surface area (Å²) in [6, 6.07) is 9.52. The number of benzene rings is 1. The molecule has 4 heteroatoms. The monoisotopic (exact) mass is 208 g/mol. The van der Waals surface area contributed by atoms with Crippen LogP contribution in [-0.2, 0) is 16.0 Å². The van der Waals surface area contributed by atoms with E-state index in [0.29, 0.717) is 6.42 Å². The highest BCUT2D eigenvalue weighted by Gasteiger charge is 2.12. The molecular formula is C11H16N2O2. The molecule has 0 heterocycles. The number of carbonyl (C=O) groups is 2. The molecule has 1 rings (SSSR count). The van der Waals surface area contributed by atoms with Crippen molar-refractivity contribution in [1.82, 2.24) is 5.32 Å². The average molecular weight is 208 g/mol. The Morgan fingerprint density at radius 1 is 1.40 bits per heavy atom. The normalized spacial score (nSPS) is 11.0. The van der Waals surface area contributed by atoms with Gasteiger partial charge < -0.3 is 15.8 Å². The summed E-state index contributed by atoms with van der Waals surface area (Å²) in [6.07, 6.45) is 0.646. The number of hydrogen-bond donors (Lipinski definition) is 2. The number of carbonyl (C=O) groups excluding carboxylic acids is 2. The number of hydrogen-bond acceptors (Lipinski definition) is 3. The maximum atomic E-state index is 10.9. The molecule has 0 saturated carbocycles. The second kappa shape index (κ2) is 7.70. The van der Waals surface area contributed by atoms with Crippen LogP contribution in [0.1, 0.15) is 5.56 Å². The average Bonchev–Trinajstić information content (AvgIpc) is 2.29. The summed E-state index contributed by atoms with van der Waals surface area (Å²) in [5, 5.41) is 2.88. The zero-order valence-corrected chi connectivity index (χ0v) is 8.77. The lowest BCUT2D eigenvalue weighted by atomic mass is 10.1. The molecule has 0 spiro atoms. The van der Waals surface area contributed by atoms with Gasteiger partial charge in [-0.25, -0.2) is 0 Å². The molecule has 0 aromatic heterocycles. The summed E-state index contributed by atoms with van der Waals surface area (Å²) >= 11 is 0. The second-order valence-corrected chi connectivity index (χ2v) is 2.93. The van der Waals surface area contributed by atoms with E-state index in [-0.39, 0.29) is 11.9 Å². The Morgan fingerprint density at radius 3 is 2.33 bits per heavy atom. The molecule has 0 aliphatic carbocycles. The van der Waals surface area contributed by atoms with Crippen LogP contribution in [0.25, 0.3) is 0 Å². The molecule has 15 heavy (non-hydrogen) atoms. The van der Waals surface area contributed by atoms with Crippen LogP contribution < -0.4 is 11.1 Å². The lowest BCUT2D eigenvalue weighted by Gasteiger charge is -2.11. The fourth-order valence-electron chi connectivity index (χ4n) is 1.19. The number of rotatable bonds is 4. The van der Waals surface area contributed by atoms with Crippen molar-refractivity contribution in [3.63, 3.8) is 0 Å². The Balaban J connectivity index is 0.000000921. The van der Waals surface area contributed by atoms with Crippen molar-refractivity contribution in [2.75, 3.05) is 7.05 Å². The lowest BCUT2D eigenvalue weighted by molar-refractivity contribution is -0.119. The van der Waals surface area contributed by atoms with Crippen LogP contribution in [0.15, 0.2) is 30.3 Å². The van der Waals surface area contributed by atoms with Gasteiger partial charge in [0.05, 0.1) is 6.04 Å². The molecule has 0 fully saturated rings. The Labute approximate surface area is 89.5 Å². The van der Waals surface area contributed by atoms with Crippen molar-refractivity contribution in [3.8, 4) is 0 Å². The molecule has 1 unspecified atom stereocenters. The van der Waals surface area contributed by atoms with Crippen molar-refractivity contribution < 1.29 is 9.59 Å². The number of amides is 1. The third-order valence-electron chi connectivity index (χ3n) is 1.97. The number of nitrogens with two attached hydrogens (primary N) is 1. The van der Waals surface area contributed by atoms with Crippen molar-refractivity contribution in [3.05, 3.63) is 35.9 Å².